The molecule has 0 saturated carbocycles. The number of pyridine rings is 1. The zero-order valence-corrected chi connectivity index (χ0v) is 18.9. The number of hydrogen-bond donors (Lipinski definition) is 2. The Kier molecular flexibility index (Phi) is 6.88. The minimum atomic E-state index is -4.72. The number of nitrogens with two attached hydrogens (primary N) is 1. The summed E-state index contributed by atoms with van der Waals surface area (Å²) < 4.78 is 90.9. The molecule has 2 aromatic carbocycles. The molecule has 0 bridgehead atoms. The lowest BCUT2D eigenvalue weighted by Gasteiger charge is -2.25. The summed E-state index contributed by atoms with van der Waals surface area (Å²) in [5, 5.41) is 4.38. The smallest absolute Gasteiger partial charge is 0.271 e. The van der Waals surface area contributed by atoms with E-state index in [4.69, 9.17) is 16.7 Å². The molecule has 176 valence electrons. The number of halogens is 4. The van der Waals surface area contributed by atoms with E-state index in [0.29, 0.717) is 17.8 Å². The Morgan fingerprint density at radius 1 is 1.00 bits per heavy atom. The predicted octanol–water partition coefficient (Wildman–Crippen LogP) is 3.76. The van der Waals surface area contributed by atoms with Crippen molar-refractivity contribution in [3.63, 3.8) is 0 Å². The van der Waals surface area contributed by atoms with E-state index in [9.17, 15) is 30.0 Å². The van der Waals surface area contributed by atoms with Gasteiger partial charge in [-0.1, -0.05) is 41.9 Å². The molecule has 33 heavy (non-hydrogen) atoms. The predicted molar refractivity (Wildman–Crippen MR) is 117 cm³/mol. The van der Waals surface area contributed by atoms with Crippen LogP contribution in [0.25, 0.3) is 0 Å². The lowest BCUT2D eigenvalue weighted by Crippen LogP contribution is -2.32. The molecule has 0 amide bonds. The van der Waals surface area contributed by atoms with Gasteiger partial charge in [0.1, 0.15) is 0 Å². The van der Waals surface area contributed by atoms with Gasteiger partial charge >= 0.3 is 6.18 Å². The molecule has 0 radical (unpaired) electrons. The SMILES string of the molecule is NS(=O)(=O)Nc1ccc(S(=O)(=O)N(Cc2ccccc2)c2ncc(C(F)(F)F)cc2Cl)cc1. The average Bonchev–Trinajstić information content (AvgIpc) is 2.71. The van der Waals surface area contributed by atoms with E-state index in [-0.39, 0.29) is 17.1 Å². The standard InChI is InChI=1S/C19H16ClF3N4O4S2/c20-17-10-14(19(21,22)23)11-25-18(17)27(12-13-4-2-1-3-5-13)32(28,29)16-8-6-15(7-9-16)26-33(24,30)31/h1-11,26H,12H2,(H2,24,30,31). The van der Waals surface area contributed by atoms with E-state index in [0.717, 1.165) is 16.4 Å². The molecule has 0 atom stereocenters. The highest BCUT2D eigenvalue weighted by molar-refractivity contribution is 7.92. The first-order valence-electron chi connectivity index (χ1n) is 8.97. The van der Waals surface area contributed by atoms with Crippen LogP contribution in [0.4, 0.5) is 24.7 Å². The maximum absolute atomic E-state index is 13.4. The third-order valence-corrected chi connectivity index (χ3v) is 6.81. The lowest BCUT2D eigenvalue weighted by atomic mass is 10.2. The maximum atomic E-state index is 13.4. The molecule has 0 aliphatic rings. The molecule has 0 spiro atoms. The molecule has 14 heteroatoms. The number of alkyl halides is 3. The van der Waals surface area contributed by atoms with E-state index in [2.05, 4.69) is 4.98 Å². The van der Waals surface area contributed by atoms with Crippen molar-refractivity contribution in [3.05, 3.63) is 83.0 Å². The molecule has 3 N–H and O–H groups in total. The van der Waals surface area contributed by atoms with Crippen LogP contribution in [0.3, 0.4) is 0 Å². The number of nitrogens with one attached hydrogen (secondary N) is 1. The normalized spacial score (nSPS) is 12.4. The van der Waals surface area contributed by atoms with Crippen LogP contribution in [0.15, 0.2) is 71.8 Å². The fourth-order valence-electron chi connectivity index (χ4n) is 2.78. The first-order valence-corrected chi connectivity index (χ1v) is 12.3. The third-order valence-electron chi connectivity index (χ3n) is 4.26. The Hall–Kier alpha value is -2.87. The van der Waals surface area contributed by atoms with Crippen LogP contribution in [0.2, 0.25) is 5.02 Å². The topological polar surface area (TPSA) is 122 Å². The van der Waals surface area contributed by atoms with Crippen molar-refractivity contribution >= 4 is 43.3 Å². The van der Waals surface area contributed by atoms with Crippen LogP contribution in [0, 0.1) is 0 Å². The number of hydrogen-bond acceptors (Lipinski definition) is 5. The number of aromatic nitrogens is 1. The molecule has 0 aliphatic carbocycles. The second kappa shape index (κ2) is 9.17. The van der Waals surface area contributed by atoms with Gasteiger partial charge < -0.3 is 0 Å². The highest BCUT2D eigenvalue weighted by atomic mass is 35.5. The highest BCUT2D eigenvalue weighted by Crippen LogP contribution is 2.36. The molecule has 1 heterocycles. The Bertz CT molecular complexity index is 1350. The molecular weight excluding hydrogens is 505 g/mol. The minimum Gasteiger partial charge on any atom is -0.271 e. The van der Waals surface area contributed by atoms with Gasteiger partial charge in [-0.2, -0.15) is 21.6 Å². The first-order chi connectivity index (χ1) is 15.3. The maximum Gasteiger partial charge on any atom is 0.417 e. The summed E-state index contributed by atoms with van der Waals surface area (Å²) >= 11 is 6.03. The fraction of sp³-hybridized carbons (Fsp3) is 0.105. The molecule has 8 nitrogen and oxygen atoms in total. The van der Waals surface area contributed by atoms with E-state index >= 15 is 0 Å². The number of anilines is 2. The van der Waals surface area contributed by atoms with Crippen LogP contribution in [0.1, 0.15) is 11.1 Å². The van der Waals surface area contributed by atoms with Gasteiger partial charge in [0, 0.05) is 11.9 Å². The third kappa shape index (κ3) is 6.13. The second-order valence-electron chi connectivity index (χ2n) is 6.70. The van der Waals surface area contributed by atoms with Crippen molar-refractivity contribution in [1.29, 1.82) is 0 Å². The van der Waals surface area contributed by atoms with Crippen molar-refractivity contribution in [2.45, 2.75) is 17.6 Å². The van der Waals surface area contributed by atoms with Crippen molar-refractivity contribution < 1.29 is 30.0 Å². The van der Waals surface area contributed by atoms with Crippen molar-refractivity contribution in [3.8, 4) is 0 Å². The van der Waals surface area contributed by atoms with Crippen LogP contribution in [-0.4, -0.2) is 21.8 Å². The van der Waals surface area contributed by atoms with Gasteiger partial charge in [0.15, 0.2) is 5.82 Å². The first kappa shape index (κ1) is 24.8. The molecule has 0 saturated heterocycles. The Balaban J connectivity index is 2.07. The quantitative estimate of drug-likeness (QED) is 0.491. The highest BCUT2D eigenvalue weighted by Gasteiger charge is 2.34. The Morgan fingerprint density at radius 3 is 2.12 bits per heavy atom. The summed E-state index contributed by atoms with van der Waals surface area (Å²) in [6.45, 7) is -0.279. The number of rotatable bonds is 7. The minimum absolute atomic E-state index is 0.0109. The summed E-state index contributed by atoms with van der Waals surface area (Å²) in [5.41, 5.74) is -0.602. The largest absolute Gasteiger partial charge is 0.417 e. The number of benzene rings is 2. The fourth-order valence-corrected chi connectivity index (χ4v) is 4.99. The van der Waals surface area contributed by atoms with Crippen molar-refractivity contribution in [1.82, 2.24) is 4.98 Å². The van der Waals surface area contributed by atoms with Gasteiger partial charge in [-0.3, -0.25) is 4.72 Å². The average molecular weight is 521 g/mol. The van der Waals surface area contributed by atoms with Gasteiger partial charge in [-0.05, 0) is 35.9 Å². The summed E-state index contributed by atoms with van der Waals surface area (Å²) in [7, 11) is -8.46. The van der Waals surface area contributed by atoms with E-state index < -0.39 is 42.8 Å². The van der Waals surface area contributed by atoms with Gasteiger partial charge in [0.25, 0.3) is 20.2 Å². The van der Waals surface area contributed by atoms with Crippen molar-refractivity contribution in [2.24, 2.45) is 5.14 Å². The summed E-state index contributed by atoms with van der Waals surface area (Å²) in [6.07, 6.45) is -4.22. The van der Waals surface area contributed by atoms with Gasteiger partial charge in [-0.25, -0.2) is 22.8 Å². The molecule has 3 rings (SSSR count). The summed E-state index contributed by atoms with van der Waals surface area (Å²) in [4.78, 5) is 3.40. The van der Waals surface area contributed by atoms with Crippen LogP contribution < -0.4 is 14.2 Å². The van der Waals surface area contributed by atoms with Gasteiger partial charge in [-0.15, -0.1) is 0 Å². The Labute approximate surface area is 193 Å². The van der Waals surface area contributed by atoms with Crippen LogP contribution in [-0.2, 0) is 33.0 Å². The summed E-state index contributed by atoms with van der Waals surface area (Å²) in [6, 6.07) is 13.4. The zero-order valence-electron chi connectivity index (χ0n) is 16.5. The molecule has 0 unspecified atom stereocenters. The van der Waals surface area contributed by atoms with Gasteiger partial charge in [0.05, 0.1) is 22.0 Å². The van der Waals surface area contributed by atoms with E-state index in [1.165, 1.54) is 12.1 Å². The van der Waals surface area contributed by atoms with Crippen molar-refractivity contribution in [2.75, 3.05) is 9.03 Å². The van der Waals surface area contributed by atoms with Crippen LogP contribution >= 0.6 is 11.6 Å². The zero-order chi connectivity index (χ0) is 24.4. The van der Waals surface area contributed by atoms with Crippen LogP contribution in [0.5, 0.6) is 0 Å². The molecule has 0 aliphatic heterocycles. The summed E-state index contributed by atoms with van der Waals surface area (Å²) in [5.74, 6) is -0.403. The molecule has 0 fully saturated rings. The number of nitrogens with zero attached hydrogens (tertiary/aromatic N) is 2. The molecular formula is C19H16ClF3N4O4S2. The molecule has 3 aromatic rings. The van der Waals surface area contributed by atoms with E-state index in [1.807, 2.05) is 4.72 Å². The second-order valence-corrected chi connectivity index (χ2v) is 10.3. The number of sulfonamides is 1. The molecule has 1 aromatic heterocycles. The monoisotopic (exact) mass is 520 g/mol. The van der Waals surface area contributed by atoms with E-state index in [1.54, 1.807) is 30.3 Å². The lowest BCUT2D eigenvalue weighted by molar-refractivity contribution is -0.137. The Morgan fingerprint density at radius 2 is 1.61 bits per heavy atom. The van der Waals surface area contributed by atoms with Gasteiger partial charge in [0.2, 0.25) is 0 Å².